The van der Waals surface area contributed by atoms with Crippen LogP contribution in [0.4, 0.5) is 0 Å². The van der Waals surface area contributed by atoms with Gasteiger partial charge in [0.25, 0.3) is 0 Å². The molecule has 5 amide bonds. The first kappa shape index (κ1) is 27.8. The number of aliphatic carboxylic acids is 1. The third-order valence-corrected chi connectivity index (χ3v) is 4.14. The van der Waals surface area contributed by atoms with E-state index in [2.05, 4.69) is 16.0 Å². The molecule has 0 fully saturated rings. The molecular weight excluding hydrogens is 412 g/mol. The maximum absolute atomic E-state index is 12.6. The van der Waals surface area contributed by atoms with Crippen molar-refractivity contribution >= 4 is 35.5 Å². The molecule has 0 rings (SSSR count). The Kier molecular flexibility index (Phi) is 11.8. The number of rotatable bonds is 14. The fourth-order valence-corrected chi connectivity index (χ4v) is 2.51. The van der Waals surface area contributed by atoms with E-state index in [0.717, 1.165) is 0 Å². The molecule has 0 aliphatic rings. The second-order valence-corrected chi connectivity index (χ2v) is 7.60. The van der Waals surface area contributed by atoms with Crippen LogP contribution in [0.1, 0.15) is 46.5 Å². The van der Waals surface area contributed by atoms with Crippen molar-refractivity contribution in [2.24, 2.45) is 23.1 Å². The van der Waals surface area contributed by atoms with Gasteiger partial charge in [0, 0.05) is 6.42 Å². The molecule has 0 radical (unpaired) electrons. The first-order valence-corrected chi connectivity index (χ1v) is 9.70. The number of carboxylic acid groups (broad SMARTS) is 1. The van der Waals surface area contributed by atoms with E-state index in [1.807, 2.05) is 0 Å². The Morgan fingerprint density at radius 1 is 0.806 bits per heavy atom. The topological polar surface area (TPSA) is 237 Å². The van der Waals surface area contributed by atoms with Gasteiger partial charge in [-0.3, -0.25) is 24.0 Å². The molecule has 0 saturated carbocycles. The van der Waals surface area contributed by atoms with Crippen LogP contribution in [0.3, 0.4) is 0 Å². The molecule has 31 heavy (non-hydrogen) atoms. The number of nitrogens with one attached hydrogen (secondary N) is 3. The number of primary amides is 2. The summed E-state index contributed by atoms with van der Waals surface area (Å²) < 4.78 is 0. The Morgan fingerprint density at radius 3 is 1.81 bits per heavy atom. The summed E-state index contributed by atoms with van der Waals surface area (Å²) in [6.45, 7) is 4.94. The average Bonchev–Trinajstić information content (AvgIpc) is 2.62. The molecule has 10 N–H and O–H groups in total. The van der Waals surface area contributed by atoms with E-state index in [9.17, 15) is 33.9 Å². The highest BCUT2D eigenvalue weighted by Crippen LogP contribution is 2.07. The van der Waals surface area contributed by atoms with E-state index in [-0.39, 0.29) is 25.2 Å². The molecule has 4 unspecified atom stereocenters. The van der Waals surface area contributed by atoms with Gasteiger partial charge < -0.3 is 38.3 Å². The summed E-state index contributed by atoms with van der Waals surface area (Å²) in [5.74, 6) is -5.15. The zero-order valence-corrected chi connectivity index (χ0v) is 17.8. The van der Waals surface area contributed by atoms with Gasteiger partial charge in [0.1, 0.15) is 18.1 Å². The van der Waals surface area contributed by atoms with Crippen molar-refractivity contribution in [3.63, 3.8) is 0 Å². The molecule has 0 aromatic carbocycles. The molecule has 4 atom stereocenters. The lowest BCUT2D eigenvalue weighted by molar-refractivity contribution is -0.142. The van der Waals surface area contributed by atoms with Crippen LogP contribution >= 0.6 is 0 Å². The number of carbonyl (C=O) groups excluding carboxylic acids is 5. The van der Waals surface area contributed by atoms with Gasteiger partial charge in [-0.1, -0.05) is 13.8 Å². The quantitative estimate of drug-likeness (QED) is 0.146. The van der Waals surface area contributed by atoms with Crippen LogP contribution in [0.2, 0.25) is 0 Å². The molecule has 176 valence electrons. The molecular formula is C18H32N6O7. The summed E-state index contributed by atoms with van der Waals surface area (Å²) >= 11 is 0. The first-order valence-electron chi connectivity index (χ1n) is 9.70. The Morgan fingerprint density at radius 2 is 1.35 bits per heavy atom. The van der Waals surface area contributed by atoms with Crippen LogP contribution in [-0.2, 0) is 28.8 Å². The van der Waals surface area contributed by atoms with Crippen molar-refractivity contribution < 1.29 is 33.9 Å². The molecule has 0 aliphatic carbocycles. The highest BCUT2D eigenvalue weighted by Gasteiger charge is 2.29. The summed E-state index contributed by atoms with van der Waals surface area (Å²) in [6, 6.07) is -4.79. The van der Waals surface area contributed by atoms with Crippen LogP contribution in [0.15, 0.2) is 0 Å². The first-order chi connectivity index (χ1) is 14.2. The molecule has 0 aromatic heterocycles. The molecule has 0 bridgehead atoms. The van der Waals surface area contributed by atoms with Gasteiger partial charge in [0.15, 0.2) is 0 Å². The highest BCUT2D eigenvalue weighted by molar-refractivity contribution is 5.94. The smallest absolute Gasteiger partial charge is 0.326 e. The Hall–Kier alpha value is -3.22. The van der Waals surface area contributed by atoms with Crippen LogP contribution in [-0.4, -0.2) is 64.8 Å². The number of nitrogens with two attached hydrogens (primary N) is 3. The van der Waals surface area contributed by atoms with E-state index in [4.69, 9.17) is 17.2 Å². The van der Waals surface area contributed by atoms with Crippen LogP contribution < -0.4 is 33.2 Å². The van der Waals surface area contributed by atoms with Crippen LogP contribution in [0.5, 0.6) is 0 Å². The lowest BCUT2D eigenvalue weighted by atomic mass is 10.0. The molecule has 13 heteroatoms. The summed E-state index contributed by atoms with van der Waals surface area (Å²) in [4.78, 5) is 70.0. The second-order valence-electron chi connectivity index (χ2n) is 7.60. The highest BCUT2D eigenvalue weighted by atomic mass is 16.4. The molecule has 0 spiro atoms. The minimum Gasteiger partial charge on any atom is -0.480 e. The zero-order valence-electron chi connectivity index (χ0n) is 17.8. The molecule has 0 heterocycles. The number of carboxylic acids is 1. The van der Waals surface area contributed by atoms with Gasteiger partial charge in [-0.2, -0.15) is 0 Å². The summed E-state index contributed by atoms with van der Waals surface area (Å²) in [6.07, 6.45) is -0.669. The van der Waals surface area contributed by atoms with E-state index >= 15 is 0 Å². The standard InChI is InChI=1S/C18H32N6O7/c1-8(2)6-12(17(29)23-11(18(30)31)4-5-13(20)25)24-15(27)9(3)22-16(28)10(19)7-14(21)26/h8-12H,4-7,19H2,1-3H3,(H2,20,25)(H2,21,26)(H,22,28)(H,23,29)(H,24,27)(H,30,31). The normalized spacial score (nSPS) is 14.6. The lowest BCUT2D eigenvalue weighted by Gasteiger charge is -2.24. The predicted molar refractivity (Wildman–Crippen MR) is 109 cm³/mol. The summed E-state index contributed by atoms with van der Waals surface area (Å²) in [7, 11) is 0. The third-order valence-electron chi connectivity index (χ3n) is 4.14. The molecule has 0 aromatic rings. The third kappa shape index (κ3) is 11.5. The second kappa shape index (κ2) is 13.2. The number of carbonyl (C=O) groups is 6. The van der Waals surface area contributed by atoms with Gasteiger partial charge in [-0.15, -0.1) is 0 Å². The van der Waals surface area contributed by atoms with Crippen molar-refractivity contribution in [3.05, 3.63) is 0 Å². The Labute approximate surface area is 179 Å². The minimum absolute atomic E-state index is 0.0427. The van der Waals surface area contributed by atoms with Crippen molar-refractivity contribution in [1.82, 2.24) is 16.0 Å². The zero-order chi connectivity index (χ0) is 24.3. The van der Waals surface area contributed by atoms with Gasteiger partial charge in [-0.05, 0) is 25.7 Å². The molecule has 0 aliphatic heterocycles. The van der Waals surface area contributed by atoms with Crippen molar-refractivity contribution in [2.45, 2.75) is 70.6 Å². The fraction of sp³-hybridized carbons (Fsp3) is 0.667. The summed E-state index contributed by atoms with van der Waals surface area (Å²) in [5.41, 5.74) is 15.5. The SMILES string of the molecule is CC(C)CC(NC(=O)C(C)NC(=O)C(N)CC(N)=O)C(=O)NC(CCC(N)=O)C(=O)O. The fourth-order valence-electron chi connectivity index (χ4n) is 2.51. The number of hydrogen-bond donors (Lipinski definition) is 7. The largest absolute Gasteiger partial charge is 0.480 e. The van der Waals surface area contributed by atoms with Gasteiger partial charge in [0.05, 0.1) is 12.5 Å². The van der Waals surface area contributed by atoms with Gasteiger partial charge in [-0.25, -0.2) is 4.79 Å². The average molecular weight is 444 g/mol. The number of amides is 5. The lowest BCUT2D eigenvalue weighted by Crippen LogP contribution is -2.56. The Bertz CT molecular complexity index is 697. The van der Waals surface area contributed by atoms with E-state index in [1.54, 1.807) is 13.8 Å². The van der Waals surface area contributed by atoms with E-state index in [1.165, 1.54) is 6.92 Å². The van der Waals surface area contributed by atoms with Crippen LogP contribution in [0.25, 0.3) is 0 Å². The van der Waals surface area contributed by atoms with Crippen molar-refractivity contribution in [2.75, 3.05) is 0 Å². The van der Waals surface area contributed by atoms with E-state index in [0.29, 0.717) is 0 Å². The monoisotopic (exact) mass is 444 g/mol. The number of hydrogen-bond acceptors (Lipinski definition) is 7. The maximum Gasteiger partial charge on any atom is 0.326 e. The predicted octanol–water partition coefficient (Wildman–Crippen LogP) is -2.94. The van der Waals surface area contributed by atoms with Crippen LogP contribution in [0, 0.1) is 5.92 Å². The van der Waals surface area contributed by atoms with Gasteiger partial charge in [0.2, 0.25) is 29.5 Å². The maximum atomic E-state index is 12.6. The molecule has 0 saturated heterocycles. The minimum atomic E-state index is -1.37. The Balaban J connectivity index is 5.13. The van der Waals surface area contributed by atoms with Crippen molar-refractivity contribution in [1.29, 1.82) is 0 Å². The molecule has 13 nitrogen and oxygen atoms in total. The van der Waals surface area contributed by atoms with E-state index < -0.39 is 66.1 Å². The van der Waals surface area contributed by atoms with Gasteiger partial charge >= 0.3 is 5.97 Å². The van der Waals surface area contributed by atoms with Crippen molar-refractivity contribution in [3.8, 4) is 0 Å². The summed E-state index contributed by atoms with van der Waals surface area (Å²) in [5, 5.41) is 16.3.